The summed E-state index contributed by atoms with van der Waals surface area (Å²) in [4.78, 5) is 2.41. The van der Waals surface area contributed by atoms with E-state index in [4.69, 9.17) is 4.42 Å². The van der Waals surface area contributed by atoms with Crippen LogP contribution >= 0.6 is 0 Å². The molecule has 0 saturated heterocycles. The first-order valence-corrected chi connectivity index (χ1v) is 24.8. The van der Waals surface area contributed by atoms with Crippen LogP contribution in [0.5, 0.6) is 0 Å². The lowest BCUT2D eigenvalue weighted by Crippen LogP contribution is -2.22. The zero-order valence-electron chi connectivity index (χ0n) is 39.9. The van der Waals surface area contributed by atoms with Gasteiger partial charge in [0.1, 0.15) is 11.2 Å². The highest BCUT2D eigenvalue weighted by atomic mass is 16.3. The summed E-state index contributed by atoms with van der Waals surface area (Å²) in [6, 6.07) is 89.4. The summed E-state index contributed by atoms with van der Waals surface area (Å²) in [5, 5.41) is 4.58. The van der Waals surface area contributed by atoms with Gasteiger partial charge in [-0.05, 0) is 150 Å². The Labute approximate surface area is 414 Å². The molecule has 71 heavy (non-hydrogen) atoms. The molecule has 0 saturated carbocycles. The van der Waals surface area contributed by atoms with Gasteiger partial charge in [0.15, 0.2) is 0 Å². The molecule has 1 atom stereocenters. The van der Waals surface area contributed by atoms with Crippen LogP contribution in [0.2, 0.25) is 0 Å². The van der Waals surface area contributed by atoms with Crippen LogP contribution in [0.15, 0.2) is 247 Å². The van der Waals surface area contributed by atoms with Crippen molar-refractivity contribution in [1.29, 1.82) is 0 Å². The molecule has 0 fully saturated rings. The van der Waals surface area contributed by atoms with Gasteiger partial charge >= 0.3 is 0 Å². The van der Waals surface area contributed by atoms with Crippen molar-refractivity contribution in [2.24, 2.45) is 0 Å². The van der Waals surface area contributed by atoms with Gasteiger partial charge in [0, 0.05) is 44.1 Å². The SMILES string of the molecule is CC1(C)c2ccccc2-c2cccc(-c3cccc(N(c4ccc(-c5ccc6c(c5)C(C)(c5ccccc5)c5ccccc5-6)cc4)c4ccc(-c5cccc6oc7c8ccccc8ccc7c56)cc4)c3)c21. The normalized spacial score (nSPS) is 15.1. The molecule has 2 heteroatoms. The van der Waals surface area contributed by atoms with Gasteiger partial charge in [0.05, 0.1) is 0 Å². The van der Waals surface area contributed by atoms with Crippen LogP contribution in [0.25, 0.3) is 88.3 Å². The largest absolute Gasteiger partial charge is 0.455 e. The number of hydrogen-bond donors (Lipinski definition) is 0. The van der Waals surface area contributed by atoms with Crippen LogP contribution in [0, 0.1) is 0 Å². The third-order valence-electron chi connectivity index (χ3n) is 15.9. The summed E-state index contributed by atoms with van der Waals surface area (Å²) >= 11 is 0. The highest BCUT2D eigenvalue weighted by molar-refractivity contribution is 6.19. The fourth-order valence-corrected chi connectivity index (χ4v) is 12.5. The van der Waals surface area contributed by atoms with Crippen molar-refractivity contribution in [3.05, 3.63) is 270 Å². The van der Waals surface area contributed by atoms with Gasteiger partial charge in [-0.2, -0.15) is 0 Å². The van der Waals surface area contributed by atoms with Crippen molar-refractivity contribution in [2.45, 2.75) is 31.6 Å². The Morgan fingerprint density at radius 2 is 0.958 bits per heavy atom. The Morgan fingerprint density at radius 3 is 1.76 bits per heavy atom. The van der Waals surface area contributed by atoms with Crippen molar-refractivity contribution < 1.29 is 4.42 Å². The molecule has 2 aliphatic rings. The average molecular weight is 908 g/mol. The zero-order chi connectivity index (χ0) is 47.4. The number of benzene rings is 11. The molecule has 1 heterocycles. The molecule has 1 unspecified atom stereocenters. The molecule has 0 amide bonds. The monoisotopic (exact) mass is 907 g/mol. The fourth-order valence-electron chi connectivity index (χ4n) is 12.5. The van der Waals surface area contributed by atoms with E-state index in [1.165, 1.54) is 77.7 Å². The highest BCUT2D eigenvalue weighted by Crippen LogP contribution is 2.55. The molecular formula is C69H49NO. The number of nitrogens with zero attached hydrogens (tertiary/aromatic N) is 1. The van der Waals surface area contributed by atoms with Crippen molar-refractivity contribution >= 4 is 49.8 Å². The minimum Gasteiger partial charge on any atom is -0.455 e. The van der Waals surface area contributed by atoms with E-state index in [1.807, 2.05) is 0 Å². The maximum Gasteiger partial charge on any atom is 0.143 e. The van der Waals surface area contributed by atoms with E-state index in [0.29, 0.717) is 0 Å². The molecule has 0 N–H and O–H groups in total. The number of anilines is 3. The van der Waals surface area contributed by atoms with Gasteiger partial charge in [-0.3, -0.25) is 0 Å². The third kappa shape index (κ3) is 6.21. The second kappa shape index (κ2) is 15.7. The molecule has 2 aliphatic carbocycles. The summed E-state index contributed by atoms with van der Waals surface area (Å²) in [5.74, 6) is 0. The Kier molecular flexibility index (Phi) is 9.10. The van der Waals surface area contributed by atoms with Gasteiger partial charge in [0.25, 0.3) is 0 Å². The molecule has 336 valence electrons. The van der Waals surface area contributed by atoms with Crippen molar-refractivity contribution in [3.8, 4) is 55.6 Å². The van der Waals surface area contributed by atoms with Crippen LogP contribution < -0.4 is 4.90 Å². The molecule has 0 bridgehead atoms. The minimum atomic E-state index is -0.265. The maximum atomic E-state index is 6.61. The molecule has 0 spiro atoms. The Balaban J connectivity index is 0.886. The van der Waals surface area contributed by atoms with E-state index < -0.39 is 0 Å². The molecular weight excluding hydrogens is 859 g/mol. The van der Waals surface area contributed by atoms with Gasteiger partial charge in [0.2, 0.25) is 0 Å². The predicted octanol–water partition coefficient (Wildman–Crippen LogP) is 18.9. The first-order valence-electron chi connectivity index (χ1n) is 24.8. The van der Waals surface area contributed by atoms with E-state index in [2.05, 4.69) is 268 Å². The van der Waals surface area contributed by atoms with Gasteiger partial charge in [-0.25, -0.2) is 0 Å². The number of hydrogen-bond acceptors (Lipinski definition) is 2. The topological polar surface area (TPSA) is 16.4 Å². The average Bonchev–Trinajstić information content (AvgIpc) is 4.03. The zero-order valence-corrected chi connectivity index (χ0v) is 39.9. The maximum absolute atomic E-state index is 6.61. The lowest BCUT2D eigenvalue weighted by molar-refractivity contribution is 0.662. The summed E-state index contributed by atoms with van der Waals surface area (Å²) < 4.78 is 6.61. The smallest absolute Gasteiger partial charge is 0.143 e. The van der Waals surface area contributed by atoms with Crippen molar-refractivity contribution in [3.63, 3.8) is 0 Å². The fraction of sp³-hybridized carbons (Fsp3) is 0.0725. The van der Waals surface area contributed by atoms with Crippen LogP contribution in [0.1, 0.15) is 48.6 Å². The van der Waals surface area contributed by atoms with Crippen molar-refractivity contribution in [1.82, 2.24) is 0 Å². The molecule has 14 rings (SSSR count). The number of furan rings is 1. The second-order valence-electron chi connectivity index (χ2n) is 20.1. The van der Waals surface area contributed by atoms with Gasteiger partial charge < -0.3 is 9.32 Å². The predicted molar refractivity (Wildman–Crippen MR) is 297 cm³/mol. The summed E-state index contributed by atoms with van der Waals surface area (Å²) in [6.07, 6.45) is 0. The van der Waals surface area contributed by atoms with E-state index in [-0.39, 0.29) is 10.8 Å². The molecule has 2 nitrogen and oxygen atoms in total. The standard InChI is InChI=1S/C69H49NO/c1-68(2)61-27-11-9-23-57(61)59-26-14-25-54(66(59)68)48-17-13-20-52(42-48)70(51-38-32-46(33-39-51)53-24-15-29-64-65(53)60-41-34-45-16-7-8-21-55(45)67(60)71-64)50-36-30-44(31-37-50)47-35-40-58-56-22-10-12-28-62(56)69(3,63(58)43-47)49-18-5-4-6-19-49/h4-43H,1-3H3. The first kappa shape index (κ1) is 41.3. The Hall–Kier alpha value is -8.72. The first-order chi connectivity index (χ1) is 34.8. The summed E-state index contributed by atoms with van der Waals surface area (Å²) in [7, 11) is 0. The number of fused-ring (bicyclic) bond motifs is 11. The minimum absolute atomic E-state index is 0.140. The number of rotatable bonds is 7. The van der Waals surface area contributed by atoms with E-state index in [1.54, 1.807) is 0 Å². The molecule has 1 aromatic heterocycles. The quantitative estimate of drug-likeness (QED) is 0.158. The second-order valence-corrected chi connectivity index (χ2v) is 20.1. The van der Waals surface area contributed by atoms with E-state index in [0.717, 1.165) is 55.5 Å². The van der Waals surface area contributed by atoms with Gasteiger partial charge in [-0.1, -0.05) is 202 Å². The third-order valence-corrected chi connectivity index (χ3v) is 15.9. The lowest BCUT2D eigenvalue weighted by atomic mass is 9.74. The van der Waals surface area contributed by atoms with E-state index in [9.17, 15) is 0 Å². The van der Waals surface area contributed by atoms with Crippen LogP contribution in [-0.2, 0) is 10.8 Å². The molecule has 11 aromatic carbocycles. The molecule has 0 aliphatic heterocycles. The van der Waals surface area contributed by atoms with Crippen LogP contribution in [-0.4, -0.2) is 0 Å². The van der Waals surface area contributed by atoms with Crippen molar-refractivity contribution in [2.75, 3.05) is 4.90 Å². The highest BCUT2D eigenvalue weighted by Gasteiger charge is 2.41. The molecule has 12 aromatic rings. The van der Waals surface area contributed by atoms with Crippen LogP contribution in [0.3, 0.4) is 0 Å². The summed E-state index contributed by atoms with van der Waals surface area (Å²) in [6.45, 7) is 7.13. The Morgan fingerprint density at radius 1 is 0.352 bits per heavy atom. The van der Waals surface area contributed by atoms with Crippen LogP contribution in [0.4, 0.5) is 17.1 Å². The molecule has 0 radical (unpaired) electrons. The van der Waals surface area contributed by atoms with Gasteiger partial charge in [-0.15, -0.1) is 0 Å². The lowest BCUT2D eigenvalue weighted by Gasteiger charge is -2.29. The summed E-state index contributed by atoms with van der Waals surface area (Å²) in [5.41, 5.74) is 23.9. The Bertz CT molecular complexity index is 4080. The van der Waals surface area contributed by atoms with E-state index >= 15 is 0 Å².